The molecule has 0 fully saturated rings. The van der Waals surface area contributed by atoms with Gasteiger partial charge in [0, 0.05) is 5.56 Å². The molecule has 0 saturated carbocycles. The summed E-state index contributed by atoms with van der Waals surface area (Å²) < 4.78 is 10.5. The Kier molecular flexibility index (Phi) is 5.16. The second kappa shape index (κ2) is 7.50. The Morgan fingerprint density at radius 3 is 2.60 bits per heavy atom. The number of nitrogens with zero attached hydrogens (tertiary/aromatic N) is 2. The molecule has 1 amide bonds. The van der Waals surface area contributed by atoms with Gasteiger partial charge in [-0.25, -0.2) is 0 Å². The van der Waals surface area contributed by atoms with Crippen molar-refractivity contribution in [3.8, 4) is 22.1 Å². The smallest absolute Gasteiger partial charge is 0.261 e. The van der Waals surface area contributed by atoms with Gasteiger partial charge in [-0.2, -0.15) is 0 Å². The monoisotopic (exact) mass is 375 g/mol. The average molecular weight is 376 g/mol. The van der Waals surface area contributed by atoms with Crippen molar-refractivity contribution >= 4 is 34.0 Å². The summed E-state index contributed by atoms with van der Waals surface area (Å²) in [7, 11) is 3.00. The lowest BCUT2D eigenvalue weighted by molar-refractivity contribution is 0.102. The van der Waals surface area contributed by atoms with Crippen LogP contribution in [0.25, 0.3) is 10.6 Å². The minimum absolute atomic E-state index is 0.344. The van der Waals surface area contributed by atoms with E-state index in [9.17, 15) is 4.79 Å². The standard InChI is InChI=1S/C17H14ClN3O3S/c1-23-13-9-5-7-11(14(13)24-2)15(22)19-17-21-20-16(25-17)10-6-3-4-8-12(10)18/h3-9H,1-2H3,(H,19,21,22). The lowest BCUT2D eigenvalue weighted by atomic mass is 10.1. The fourth-order valence-electron chi connectivity index (χ4n) is 2.25. The van der Waals surface area contributed by atoms with E-state index in [1.165, 1.54) is 25.6 Å². The lowest BCUT2D eigenvalue weighted by Crippen LogP contribution is -2.13. The largest absolute Gasteiger partial charge is 0.493 e. The maximum Gasteiger partial charge on any atom is 0.261 e. The van der Waals surface area contributed by atoms with E-state index in [2.05, 4.69) is 15.5 Å². The minimum atomic E-state index is -0.363. The fourth-order valence-corrected chi connectivity index (χ4v) is 3.31. The predicted molar refractivity (Wildman–Crippen MR) is 97.9 cm³/mol. The van der Waals surface area contributed by atoms with Gasteiger partial charge in [0.1, 0.15) is 0 Å². The molecule has 25 heavy (non-hydrogen) atoms. The van der Waals surface area contributed by atoms with Gasteiger partial charge < -0.3 is 9.47 Å². The summed E-state index contributed by atoms with van der Waals surface area (Å²) in [6.45, 7) is 0. The van der Waals surface area contributed by atoms with Crippen LogP contribution in [0.15, 0.2) is 42.5 Å². The van der Waals surface area contributed by atoms with Gasteiger partial charge in [-0.3, -0.25) is 10.1 Å². The van der Waals surface area contributed by atoms with Crippen LogP contribution < -0.4 is 14.8 Å². The van der Waals surface area contributed by atoms with E-state index in [4.69, 9.17) is 21.1 Å². The van der Waals surface area contributed by atoms with Crippen LogP contribution in [0.3, 0.4) is 0 Å². The molecule has 1 aromatic heterocycles. The first-order valence-electron chi connectivity index (χ1n) is 7.24. The van der Waals surface area contributed by atoms with Crippen LogP contribution in [0.5, 0.6) is 11.5 Å². The van der Waals surface area contributed by atoms with Gasteiger partial charge in [0.05, 0.1) is 24.8 Å². The highest BCUT2D eigenvalue weighted by Gasteiger charge is 2.18. The number of anilines is 1. The Labute approximate surface area is 153 Å². The summed E-state index contributed by atoms with van der Waals surface area (Å²) >= 11 is 7.40. The molecule has 0 unspecified atom stereocenters. The Balaban J connectivity index is 1.85. The Hall–Kier alpha value is -2.64. The van der Waals surface area contributed by atoms with Crippen molar-refractivity contribution in [1.29, 1.82) is 0 Å². The number of rotatable bonds is 5. The van der Waals surface area contributed by atoms with Crippen molar-refractivity contribution in [3.05, 3.63) is 53.1 Å². The molecule has 1 N–H and O–H groups in total. The van der Waals surface area contributed by atoms with Gasteiger partial charge in [-0.05, 0) is 18.2 Å². The first-order chi connectivity index (χ1) is 12.1. The molecule has 0 aliphatic heterocycles. The third-order valence-electron chi connectivity index (χ3n) is 3.40. The van der Waals surface area contributed by atoms with E-state index >= 15 is 0 Å². The molecule has 6 nitrogen and oxygen atoms in total. The molecule has 0 aliphatic rings. The van der Waals surface area contributed by atoms with Gasteiger partial charge in [0.2, 0.25) is 5.13 Å². The summed E-state index contributed by atoms with van der Waals surface area (Å²) in [6, 6.07) is 12.4. The SMILES string of the molecule is COc1cccc(C(=O)Nc2nnc(-c3ccccc3Cl)s2)c1OC. The number of carbonyl (C=O) groups is 1. The number of benzene rings is 2. The number of carbonyl (C=O) groups excluding carboxylic acids is 1. The quantitative estimate of drug-likeness (QED) is 0.725. The van der Waals surface area contributed by atoms with E-state index < -0.39 is 0 Å². The molecule has 0 bridgehead atoms. The zero-order chi connectivity index (χ0) is 17.8. The molecule has 0 aliphatic carbocycles. The normalized spacial score (nSPS) is 10.4. The molecule has 0 saturated heterocycles. The number of halogens is 1. The molecule has 3 aromatic rings. The van der Waals surface area contributed by atoms with Gasteiger partial charge in [0.25, 0.3) is 5.91 Å². The maximum atomic E-state index is 12.5. The number of ether oxygens (including phenoxy) is 2. The number of nitrogens with one attached hydrogen (secondary N) is 1. The molecule has 0 spiro atoms. The van der Waals surface area contributed by atoms with Crippen molar-refractivity contribution in [1.82, 2.24) is 10.2 Å². The molecule has 0 atom stereocenters. The molecule has 128 valence electrons. The van der Waals surface area contributed by atoms with Crippen LogP contribution >= 0.6 is 22.9 Å². The van der Waals surface area contributed by atoms with E-state index in [-0.39, 0.29) is 5.91 Å². The Morgan fingerprint density at radius 1 is 1.08 bits per heavy atom. The molecule has 0 radical (unpaired) electrons. The van der Waals surface area contributed by atoms with Gasteiger partial charge in [-0.1, -0.05) is 47.2 Å². The zero-order valence-electron chi connectivity index (χ0n) is 13.4. The first kappa shape index (κ1) is 17.2. The van der Waals surface area contributed by atoms with E-state index in [1.54, 1.807) is 24.3 Å². The second-order valence-electron chi connectivity index (χ2n) is 4.89. The highest BCUT2D eigenvalue weighted by molar-refractivity contribution is 7.18. The molecule has 3 rings (SSSR count). The fraction of sp³-hybridized carbons (Fsp3) is 0.118. The van der Waals surface area contributed by atoms with Gasteiger partial charge in [-0.15, -0.1) is 10.2 Å². The summed E-state index contributed by atoms with van der Waals surface area (Å²) in [4.78, 5) is 12.5. The molecule has 2 aromatic carbocycles. The Morgan fingerprint density at radius 2 is 1.88 bits per heavy atom. The van der Waals surface area contributed by atoms with Crippen molar-refractivity contribution in [2.75, 3.05) is 19.5 Å². The summed E-state index contributed by atoms with van der Waals surface area (Å²) in [5.74, 6) is 0.472. The number of hydrogen-bond acceptors (Lipinski definition) is 6. The average Bonchev–Trinajstić information content (AvgIpc) is 3.09. The predicted octanol–water partition coefficient (Wildman–Crippen LogP) is 4.13. The molecule has 8 heteroatoms. The number of aromatic nitrogens is 2. The van der Waals surface area contributed by atoms with E-state index in [0.29, 0.717) is 32.2 Å². The minimum Gasteiger partial charge on any atom is -0.493 e. The van der Waals surface area contributed by atoms with Crippen molar-refractivity contribution < 1.29 is 14.3 Å². The summed E-state index contributed by atoms with van der Waals surface area (Å²) in [6.07, 6.45) is 0. The summed E-state index contributed by atoms with van der Waals surface area (Å²) in [5.41, 5.74) is 1.11. The Bertz CT molecular complexity index is 914. The summed E-state index contributed by atoms with van der Waals surface area (Å²) in [5, 5.41) is 12.4. The van der Waals surface area contributed by atoms with Gasteiger partial charge in [0.15, 0.2) is 16.5 Å². The van der Waals surface area contributed by atoms with Crippen LogP contribution in [0.1, 0.15) is 10.4 Å². The highest BCUT2D eigenvalue weighted by Crippen LogP contribution is 2.33. The third-order valence-corrected chi connectivity index (χ3v) is 4.60. The second-order valence-corrected chi connectivity index (χ2v) is 6.27. The highest BCUT2D eigenvalue weighted by atomic mass is 35.5. The van der Waals surface area contributed by atoms with Crippen LogP contribution in [-0.4, -0.2) is 30.3 Å². The molecular formula is C17H14ClN3O3S. The van der Waals surface area contributed by atoms with Crippen LogP contribution in [0.2, 0.25) is 5.02 Å². The molecular weight excluding hydrogens is 362 g/mol. The maximum absolute atomic E-state index is 12.5. The van der Waals surface area contributed by atoms with Crippen molar-refractivity contribution in [3.63, 3.8) is 0 Å². The number of methoxy groups -OCH3 is 2. The number of para-hydroxylation sites is 1. The van der Waals surface area contributed by atoms with E-state index in [0.717, 1.165) is 5.56 Å². The zero-order valence-corrected chi connectivity index (χ0v) is 15.0. The van der Waals surface area contributed by atoms with Crippen molar-refractivity contribution in [2.45, 2.75) is 0 Å². The van der Waals surface area contributed by atoms with Gasteiger partial charge >= 0.3 is 0 Å². The first-order valence-corrected chi connectivity index (χ1v) is 8.44. The topological polar surface area (TPSA) is 73.3 Å². The van der Waals surface area contributed by atoms with Crippen LogP contribution in [0, 0.1) is 0 Å². The number of hydrogen-bond donors (Lipinski definition) is 1. The third kappa shape index (κ3) is 3.57. The van der Waals surface area contributed by atoms with Crippen molar-refractivity contribution in [2.24, 2.45) is 0 Å². The number of amides is 1. The van der Waals surface area contributed by atoms with Crippen LogP contribution in [0.4, 0.5) is 5.13 Å². The van der Waals surface area contributed by atoms with Crippen LogP contribution in [-0.2, 0) is 0 Å². The lowest BCUT2D eigenvalue weighted by Gasteiger charge is -2.11. The molecule has 1 heterocycles. The van der Waals surface area contributed by atoms with E-state index in [1.807, 2.05) is 18.2 Å².